The molecule has 0 spiro atoms. The third kappa shape index (κ3) is 3.99. The fourth-order valence-electron chi connectivity index (χ4n) is 2.98. The Bertz CT molecular complexity index is 794. The molecule has 6 heteroatoms. The van der Waals surface area contributed by atoms with Crippen LogP contribution in [0.1, 0.15) is 29.4 Å². The van der Waals surface area contributed by atoms with Crippen molar-refractivity contribution in [1.29, 1.82) is 0 Å². The van der Waals surface area contributed by atoms with Crippen molar-refractivity contribution in [3.8, 4) is 0 Å². The van der Waals surface area contributed by atoms with Crippen molar-refractivity contribution in [1.82, 2.24) is 5.32 Å². The molecule has 1 saturated carbocycles. The smallest absolute Gasteiger partial charge is 0.312 e. The summed E-state index contributed by atoms with van der Waals surface area (Å²) in [4.78, 5) is 23.8. The molecule has 0 aliphatic heterocycles. The predicted molar refractivity (Wildman–Crippen MR) is 92.1 cm³/mol. The molecule has 25 heavy (non-hydrogen) atoms. The lowest BCUT2D eigenvalue weighted by atomic mass is 9.99. The fraction of sp³-hybridized carbons (Fsp3) is 0.263. The predicted octanol–water partition coefficient (Wildman–Crippen LogP) is 3.57. The Hall–Kier alpha value is -2.40. The maximum absolute atomic E-state index is 13.0. The molecule has 3 atom stereocenters. The number of halogens is 2. The Morgan fingerprint density at radius 3 is 2.52 bits per heavy atom. The summed E-state index contributed by atoms with van der Waals surface area (Å²) in [7, 11) is 0. The van der Waals surface area contributed by atoms with Crippen molar-refractivity contribution in [3.05, 3.63) is 70.5 Å². The van der Waals surface area contributed by atoms with E-state index < -0.39 is 17.7 Å². The Balaban J connectivity index is 1.61. The van der Waals surface area contributed by atoms with Gasteiger partial charge in [0.2, 0.25) is 5.91 Å². The fourth-order valence-corrected chi connectivity index (χ4v) is 3.26. The molecule has 0 saturated heterocycles. The summed E-state index contributed by atoms with van der Waals surface area (Å²) in [6, 6.07) is 12.7. The van der Waals surface area contributed by atoms with Crippen LogP contribution >= 0.6 is 11.6 Å². The summed E-state index contributed by atoms with van der Waals surface area (Å²) in [6.07, 6.45) is 0.698. The second-order valence-electron chi connectivity index (χ2n) is 6.16. The van der Waals surface area contributed by atoms with Crippen molar-refractivity contribution in [2.24, 2.45) is 5.92 Å². The van der Waals surface area contributed by atoms with Crippen molar-refractivity contribution in [3.63, 3.8) is 0 Å². The van der Waals surface area contributed by atoms with E-state index in [9.17, 15) is 19.1 Å². The average Bonchev–Trinajstić information content (AvgIpc) is 3.37. The summed E-state index contributed by atoms with van der Waals surface area (Å²) in [6.45, 7) is -0.0362. The van der Waals surface area contributed by atoms with Crippen LogP contribution in [0.4, 0.5) is 4.39 Å². The van der Waals surface area contributed by atoms with Gasteiger partial charge >= 0.3 is 5.97 Å². The summed E-state index contributed by atoms with van der Waals surface area (Å²) in [5, 5.41) is 12.7. The van der Waals surface area contributed by atoms with E-state index in [-0.39, 0.29) is 24.3 Å². The molecule has 0 heterocycles. The summed E-state index contributed by atoms with van der Waals surface area (Å²) in [5.74, 6) is -2.71. The molecular weight excluding hydrogens is 345 g/mol. The molecule has 2 aromatic carbocycles. The molecule has 1 aliphatic carbocycles. The number of hydrogen-bond donors (Lipinski definition) is 2. The highest BCUT2D eigenvalue weighted by Gasteiger charge is 2.44. The number of benzene rings is 2. The van der Waals surface area contributed by atoms with E-state index in [0.717, 1.165) is 5.56 Å². The van der Waals surface area contributed by atoms with Gasteiger partial charge in [0.25, 0.3) is 0 Å². The Labute approximate surface area is 149 Å². The summed E-state index contributed by atoms with van der Waals surface area (Å²) >= 11 is 6.15. The van der Waals surface area contributed by atoms with Crippen LogP contribution in [0, 0.1) is 11.7 Å². The molecule has 3 rings (SSSR count). The summed E-state index contributed by atoms with van der Waals surface area (Å²) in [5.41, 5.74) is 1.39. The number of aliphatic carboxylic acids is 1. The van der Waals surface area contributed by atoms with Crippen LogP contribution in [0.5, 0.6) is 0 Å². The van der Waals surface area contributed by atoms with E-state index >= 15 is 0 Å². The largest absolute Gasteiger partial charge is 0.481 e. The summed E-state index contributed by atoms with van der Waals surface area (Å²) < 4.78 is 13.0. The van der Waals surface area contributed by atoms with Gasteiger partial charge in [-0.3, -0.25) is 9.59 Å². The van der Waals surface area contributed by atoms with Crippen molar-refractivity contribution in [2.45, 2.75) is 18.3 Å². The van der Waals surface area contributed by atoms with Gasteiger partial charge in [0.05, 0.1) is 5.92 Å². The maximum Gasteiger partial charge on any atom is 0.312 e. The number of carbonyl (C=O) groups is 2. The van der Waals surface area contributed by atoms with Crippen LogP contribution in [-0.4, -0.2) is 23.5 Å². The third-order valence-electron chi connectivity index (χ3n) is 4.48. The van der Waals surface area contributed by atoms with E-state index in [1.54, 1.807) is 6.07 Å². The van der Waals surface area contributed by atoms with Gasteiger partial charge in [-0.15, -0.1) is 0 Å². The molecule has 1 aliphatic rings. The first-order valence-corrected chi connectivity index (χ1v) is 8.35. The minimum Gasteiger partial charge on any atom is -0.481 e. The normalized spacial score (nSPS) is 19.9. The molecule has 4 nitrogen and oxygen atoms in total. The zero-order valence-corrected chi connectivity index (χ0v) is 14.0. The molecule has 0 aromatic heterocycles. The average molecular weight is 362 g/mol. The Morgan fingerprint density at radius 2 is 1.88 bits per heavy atom. The number of carboxylic acid groups (broad SMARTS) is 1. The highest BCUT2D eigenvalue weighted by atomic mass is 35.5. The number of carbonyl (C=O) groups excluding carboxylic acids is 1. The molecule has 2 aromatic rings. The number of nitrogens with one attached hydrogen (secondary N) is 1. The lowest BCUT2D eigenvalue weighted by Gasteiger charge is -2.14. The van der Waals surface area contributed by atoms with Crippen LogP contribution in [0.2, 0.25) is 5.02 Å². The van der Waals surface area contributed by atoms with E-state index in [1.807, 2.05) is 18.2 Å². The molecule has 0 bridgehead atoms. The van der Waals surface area contributed by atoms with Crippen molar-refractivity contribution >= 4 is 23.5 Å². The van der Waals surface area contributed by atoms with Gasteiger partial charge in [-0.2, -0.15) is 0 Å². The second kappa shape index (κ2) is 7.23. The number of amides is 1. The van der Waals surface area contributed by atoms with Crippen LogP contribution < -0.4 is 5.32 Å². The van der Waals surface area contributed by atoms with Gasteiger partial charge in [0, 0.05) is 17.5 Å². The lowest BCUT2D eigenvalue weighted by Crippen LogP contribution is -2.33. The molecular formula is C19H17ClFNO3. The molecule has 0 unspecified atom stereocenters. The first kappa shape index (κ1) is 17.4. The van der Waals surface area contributed by atoms with Crippen molar-refractivity contribution < 1.29 is 19.1 Å². The van der Waals surface area contributed by atoms with Gasteiger partial charge in [-0.1, -0.05) is 41.9 Å². The highest BCUT2D eigenvalue weighted by Crippen LogP contribution is 2.49. The number of carboxylic acids is 1. The number of hydrogen-bond acceptors (Lipinski definition) is 2. The monoisotopic (exact) mass is 361 g/mol. The second-order valence-corrected chi connectivity index (χ2v) is 6.56. The topological polar surface area (TPSA) is 66.4 Å². The van der Waals surface area contributed by atoms with E-state index in [4.69, 9.17) is 11.6 Å². The first-order valence-electron chi connectivity index (χ1n) is 7.97. The van der Waals surface area contributed by atoms with Crippen LogP contribution in [0.15, 0.2) is 48.5 Å². The van der Waals surface area contributed by atoms with E-state index in [1.165, 1.54) is 24.3 Å². The zero-order chi connectivity index (χ0) is 18.0. The SMILES string of the molecule is O=C(O)[C@H](CNC(=O)[C@@H]1C[C@H]1c1ccccc1Cl)c1ccc(F)cc1. The zero-order valence-electron chi connectivity index (χ0n) is 13.3. The van der Waals surface area contributed by atoms with E-state index in [2.05, 4.69) is 5.32 Å². The standard InChI is InChI=1S/C19H17ClFNO3/c20-17-4-2-1-3-13(17)14-9-15(14)18(23)22-10-16(19(24)25)11-5-7-12(21)8-6-11/h1-8,14-16H,9-10H2,(H,22,23)(H,24,25)/t14-,15+,16+/m0/s1. The van der Waals surface area contributed by atoms with Gasteiger partial charge in [0.1, 0.15) is 5.82 Å². The maximum atomic E-state index is 13.0. The van der Waals surface area contributed by atoms with Crippen molar-refractivity contribution in [2.75, 3.05) is 6.54 Å². The third-order valence-corrected chi connectivity index (χ3v) is 4.83. The van der Waals surface area contributed by atoms with E-state index in [0.29, 0.717) is 17.0 Å². The Kier molecular flexibility index (Phi) is 5.04. The van der Waals surface area contributed by atoms with Crippen LogP contribution in [0.25, 0.3) is 0 Å². The van der Waals surface area contributed by atoms with Gasteiger partial charge in [-0.05, 0) is 41.7 Å². The first-order chi connectivity index (χ1) is 12.0. The number of rotatable bonds is 6. The van der Waals surface area contributed by atoms with Crippen LogP contribution in [0.3, 0.4) is 0 Å². The molecule has 0 radical (unpaired) electrons. The molecule has 130 valence electrons. The van der Waals surface area contributed by atoms with Gasteiger partial charge < -0.3 is 10.4 Å². The lowest BCUT2D eigenvalue weighted by molar-refractivity contribution is -0.138. The van der Waals surface area contributed by atoms with Gasteiger partial charge in [0.15, 0.2) is 0 Å². The Morgan fingerprint density at radius 1 is 1.20 bits per heavy atom. The molecule has 1 amide bonds. The quantitative estimate of drug-likeness (QED) is 0.826. The molecule has 2 N–H and O–H groups in total. The minimum absolute atomic E-state index is 0.0362. The van der Waals surface area contributed by atoms with Crippen LogP contribution in [-0.2, 0) is 9.59 Å². The van der Waals surface area contributed by atoms with Gasteiger partial charge in [-0.25, -0.2) is 4.39 Å². The molecule has 1 fully saturated rings. The highest BCUT2D eigenvalue weighted by molar-refractivity contribution is 6.31. The minimum atomic E-state index is -1.06.